The number of benzene rings is 1. The molecule has 5 nitrogen and oxygen atoms in total. The summed E-state index contributed by atoms with van der Waals surface area (Å²) >= 11 is 0. The van der Waals surface area contributed by atoms with E-state index in [1.54, 1.807) is 13.8 Å². The molecule has 27 heavy (non-hydrogen) atoms. The van der Waals surface area contributed by atoms with Gasteiger partial charge in [0.25, 0.3) is 0 Å². The molecule has 1 aromatic carbocycles. The molecule has 0 bridgehead atoms. The summed E-state index contributed by atoms with van der Waals surface area (Å²) in [6.45, 7) is 3.27. The molecular weight excluding hydrogens is 341 g/mol. The molecule has 0 radical (unpaired) electrons. The Bertz CT molecular complexity index is 1010. The van der Waals surface area contributed by atoms with Crippen molar-refractivity contribution in [2.75, 3.05) is 11.9 Å². The number of anilines is 1. The topological polar surface area (TPSA) is 55.6 Å². The molecule has 0 fully saturated rings. The van der Waals surface area contributed by atoms with Crippen LogP contribution in [0, 0.1) is 0 Å². The van der Waals surface area contributed by atoms with E-state index in [2.05, 4.69) is 44.7 Å². The van der Waals surface area contributed by atoms with Crippen molar-refractivity contribution in [3.8, 4) is 0 Å². The third-order valence-corrected chi connectivity index (χ3v) is 4.72. The summed E-state index contributed by atoms with van der Waals surface area (Å²) in [5, 5.41) is 8.57. The fourth-order valence-corrected chi connectivity index (χ4v) is 3.42. The second-order valence-corrected chi connectivity index (χ2v) is 7.71. The van der Waals surface area contributed by atoms with Gasteiger partial charge < -0.3 is 5.32 Å². The fraction of sp³-hybridized carbons (Fsp3) is 0.381. The number of nitrogens with one attached hydrogen (secondary N) is 1. The van der Waals surface area contributed by atoms with Crippen molar-refractivity contribution in [3.05, 3.63) is 53.5 Å². The smallest absolute Gasteiger partial charge is 0.222 e. The Morgan fingerprint density at radius 1 is 1.30 bits per heavy atom. The molecule has 0 saturated heterocycles. The normalized spacial score (nSPS) is 14.6. The maximum atomic E-state index is 13.8. The van der Waals surface area contributed by atoms with E-state index in [0.29, 0.717) is 5.95 Å². The Hall–Kier alpha value is -2.76. The third kappa shape index (κ3) is 3.84. The quantitative estimate of drug-likeness (QED) is 0.749. The number of aromatic nitrogens is 4. The van der Waals surface area contributed by atoms with Gasteiger partial charge in [-0.3, -0.25) is 4.68 Å². The molecule has 0 amide bonds. The van der Waals surface area contributed by atoms with E-state index in [-0.39, 0.29) is 6.54 Å². The summed E-state index contributed by atoms with van der Waals surface area (Å²) in [5.41, 5.74) is 4.05. The average Bonchev–Trinajstić information content (AvgIpc) is 2.86. The van der Waals surface area contributed by atoms with Crippen molar-refractivity contribution in [2.45, 2.75) is 38.8 Å². The molecule has 0 atom stereocenters. The molecular formula is C21H24FN5. The molecule has 1 aliphatic carbocycles. The summed E-state index contributed by atoms with van der Waals surface area (Å²) in [4.78, 5) is 9.11. The van der Waals surface area contributed by atoms with Crippen LogP contribution in [0.25, 0.3) is 16.5 Å². The molecule has 2 heterocycles. The Morgan fingerprint density at radius 3 is 2.96 bits per heavy atom. The number of nitrogens with zero attached hydrogens (tertiary/aromatic N) is 4. The van der Waals surface area contributed by atoms with Gasteiger partial charge in [-0.1, -0.05) is 12.1 Å². The lowest BCUT2D eigenvalue weighted by Gasteiger charge is -2.16. The van der Waals surface area contributed by atoms with Crippen LogP contribution in [-0.2, 0) is 13.5 Å². The lowest BCUT2D eigenvalue weighted by Crippen LogP contribution is -2.25. The van der Waals surface area contributed by atoms with Gasteiger partial charge in [-0.25, -0.2) is 14.4 Å². The number of rotatable bonds is 4. The summed E-state index contributed by atoms with van der Waals surface area (Å²) < 4.78 is 15.6. The number of alkyl halides is 1. The van der Waals surface area contributed by atoms with Crippen LogP contribution >= 0.6 is 0 Å². The molecule has 1 N–H and O–H groups in total. The second-order valence-electron chi connectivity index (χ2n) is 7.71. The zero-order valence-corrected chi connectivity index (χ0v) is 16.0. The minimum absolute atomic E-state index is 0.187. The van der Waals surface area contributed by atoms with Gasteiger partial charge >= 0.3 is 0 Å². The Balaban J connectivity index is 1.69. The molecule has 4 rings (SSSR count). The van der Waals surface area contributed by atoms with Crippen molar-refractivity contribution < 1.29 is 4.39 Å². The number of halogens is 1. The van der Waals surface area contributed by atoms with E-state index in [9.17, 15) is 4.39 Å². The van der Waals surface area contributed by atoms with Crippen LogP contribution in [0.15, 0.2) is 36.7 Å². The lowest BCUT2D eigenvalue weighted by molar-refractivity contribution is 0.234. The van der Waals surface area contributed by atoms with Crippen molar-refractivity contribution in [3.63, 3.8) is 0 Å². The van der Waals surface area contributed by atoms with Gasteiger partial charge in [0.1, 0.15) is 5.67 Å². The predicted octanol–water partition coefficient (Wildman–Crippen LogP) is 4.29. The molecule has 3 aromatic rings. The monoisotopic (exact) mass is 365 g/mol. The first-order chi connectivity index (χ1) is 12.9. The van der Waals surface area contributed by atoms with Gasteiger partial charge in [-0.15, -0.1) is 0 Å². The summed E-state index contributed by atoms with van der Waals surface area (Å²) in [6, 6.07) is 6.32. The third-order valence-electron chi connectivity index (χ3n) is 4.72. The van der Waals surface area contributed by atoms with Crippen LogP contribution in [0.5, 0.6) is 0 Å². The van der Waals surface area contributed by atoms with E-state index in [0.717, 1.165) is 52.6 Å². The molecule has 2 aromatic heterocycles. The van der Waals surface area contributed by atoms with Gasteiger partial charge in [-0.2, -0.15) is 5.10 Å². The first-order valence-electron chi connectivity index (χ1n) is 9.32. The van der Waals surface area contributed by atoms with Crippen LogP contribution in [0.3, 0.4) is 0 Å². The van der Waals surface area contributed by atoms with Crippen molar-refractivity contribution in [2.24, 2.45) is 7.05 Å². The van der Waals surface area contributed by atoms with E-state index >= 15 is 0 Å². The van der Waals surface area contributed by atoms with E-state index < -0.39 is 5.67 Å². The molecule has 0 saturated carbocycles. The molecule has 0 spiro atoms. The van der Waals surface area contributed by atoms with Gasteiger partial charge in [0, 0.05) is 30.4 Å². The molecule has 6 heteroatoms. The highest BCUT2D eigenvalue weighted by Crippen LogP contribution is 2.31. The molecule has 0 aliphatic heterocycles. The number of hydrogen-bond acceptors (Lipinski definition) is 4. The average molecular weight is 365 g/mol. The zero-order chi connectivity index (χ0) is 19.0. The van der Waals surface area contributed by atoms with Gasteiger partial charge in [-0.05, 0) is 56.4 Å². The molecule has 0 unspecified atom stereocenters. The number of fused-ring (bicyclic) bond motifs is 2. The summed E-state index contributed by atoms with van der Waals surface area (Å²) in [7, 11) is 1.93. The van der Waals surface area contributed by atoms with Crippen LogP contribution < -0.4 is 5.32 Å². The van der Waals surface area contributed by atoms with Crippen LogP contribution in [-0.4, -0.2) is 32.0 Å². The minimum Gasteiger partial charge on any atom is -0.351 e. The zero-order valence-electron chi connectivity index (χ0n) is 16.0. The first kappa shape index (κ1) is 17.6. The number of allylic oxidation sites excluding steroid dienone is 1. The largest absolute Gasteiger partial charge is 0.351 e. The second kappa shape index (κ2) is 6.76. The van der Waals surface area contributed by atoms with E-state index in [1.165, 1.54) is 0 Å². The Morgan fingerprint density at radius 2 is 2.15 bits per heavy atom. The maximum absolute atomic E-state index is 13.8. The summed E-state index contributed by atoms with van der Waals surface area (Å²) in [5.74, 6) is 0.489. The minimum atomic E-state index is -1.31. The van der Waals surface area contributed by atoms with Crippen LogP contribution in [0.1, 0.15) is 43.5 Å². The van der Waals surface area contributed by atoms with Gasteiger partial charge in [0.15, 0.2) is 0 Å². The standard InChI is InChI=1S/C21H24FN5/c1-21(2,22)13-24-20-23-11-17-16(6-4-5-7-19(17)25-20)14-8-9-18-15(10-14)12-27(3)26-18/h6,8-12H,4-5,7,13H2,1-3H3,(H,23,24,25). The van der Waals surface area contributed by atoms with E-state index in [1.807, 2.05) is 24.1 Å². The van der Waals surface area contributed by atoms with Crippen LogP contribution in [0.4, 0.5) is 10.3 Å². The van der Waals surface area contributed by atoms with Crippen molar-refractivity contribution in [1.82, 2.24) is 19.7 Å². The van der Waals surface area contributed by atoms with Gasteiger partial charge in [0.2, 0.25) is 5.95 Å². The molecule has 140 valence electrons. The SMILES string of the molecule is Cn1cc2cc(C3=CCCCc4nc(NCC(C)(C)F)ncc43)ccc2n1. The van der Waals surface area contributed by atoms with E-state index in [4.69, 9.17) is 0 Å². The van der Waals surface area contributed by atoms with Gasteiger partial charge in [0.05, 0.1) is 17.8 Å². The highest BCUT2D eigenvalue weighted by molar-refractivity contribution is 5.88. The number of aryl methyl sites for hydroxylation is 2. The van der Waals surface area contributed by atoms with Crippen LogP contribution in [0.2, 0.25) is 0 Å². The Kier molecular flexibility index (Phi) is 4.42. The van der Waals surface area contributed by atoms with Crippen molar-refractivity contribution in [1.29, 1.82) is 0 Å². The van der Waals surface area contributed by atoms with Crippen molar-refractivity contribution >= 4 is 22.4 Å². The first-order valence-corrected chi connectivity index (χ1v) is 9.32. The molecule has 1 aliphatic rings. The Labute approximate surface area is 158 Å². The summed E-state index contributed by atoms with van der Waals surface area (Å²) in [6.07, 6.45) is 9.08. The highest BCUT2D eigenvalue weighted by atomic mass is 19.1. The maximum Gasteiger partial charge on any atom is 0.222 e. The lowest BCUT2D eigenvalue weighted by atomic mass is 9.97. The fourth-order valence-electron chi connectivity index (χ4n) is 3.42. The highest BCUT2D eigenvalue weighted by Gasteiger charge is 2.19. The predicted molar refractivity (Wildman–Crippen MR) is 106 cm³/mol. The number of hydrogen-bond donors (Lipinski definition) is 1.